The molecular formula is C12H17NOS. The second kappa shape index (κ2) is 5.52. The normalized spacial score (nSPS) is 23.7. The molecule has 3 heteroatoms. The van der Waals surface area contributed by atoms with Gasteiger partial charge in [0.2, 0.25) is 0 Å². The van der Waals surface area contributed by atoms with Gasteiger partial charge in [0.1, 0.15) is 0 Å². The van der Waals surface area contributed by atoms with E-state index in [0.29, 0.717) is 11.7 Å². The Morgan fingerprint density at radius 2 is 2.40 bits per heavy atom. The van der Waals surface area contributed by atoms with Crippen LogP contribution < -0.4 is 0 Å². The van der Waals surface area contributed by atoms with Crippen molar-refractivity contribution >= 4 is 11.8 Å². The molecule has 0 saturated carbocycles. The number of hydrogen-bond donors (Lipinski definition) is 1. The van der Waals surface area contributed by atoms with E-state index in [1.54, 1.807) is 6.20 Å². The van der Waals surface area contributed by atoms with Crippen LogP contribution in [0.5, 0.6) is 0 Å². The van der Waals surface area contributed by atoms with Crippen LogP contribution in [0.3, 0.4) is 0 Å². The maximum Gasteiger partial charge on any atom is 0.0714 e. The van der Waals surface area contributed by atoms with E-state index < -0.39 is 0 Å². The molecule has 0 radical (unpaired) electrons. The van der Waals surface area contributed by atoms with Gasteiger partial charge in [0.25, 0.3) is 0 Å². The Morgan fingerprint density at radius 3 is 3.07 bits per heavy atom. The molecule has 1 saturated heterocycles. The van der Waals surface area contributed by atoms with Crippen LogP contribution in [-0.4, -0.2) is 27.2 Å². The molecule has 0 spiro atoms. The first kappa shape index (κ1) is 11.0. The van der Waals surface area contributed by atoms with Crippen LogP contribution in [0.4, 0.5) is 0 Å². The molecule has 1 aromatic heterocycles. The first-order chi connectivity index (χ1) is 7.36. The number of pyridine rings is 1. The fourth-order valence-electron chi connectivity index (χ4n) is 1.93. The summed E-state index contributed by atoms with van der Waals surface area (Å²) in [6.07, 6.45) is 5.96. The first-order valence-corrected chi connectivity index (χ1v) is 6.61. The summed E-state index contributed by atoms with van der Waals surface area (Å²) >= 11 is 1.91. The van der Waals surface area contributed by atoms with Gasteiger partial charge in [-0.1, -0.05) is 12.5 Å². The molecular weight excluding hydrogens is 206 g/mol. The van der Waals surface area contributed by atoms with Crippen LogP contribution >= 0.6 is 11.8 Å². The van der Waals surface area contributed by atoms with Gasteiger partial charge in [-0.2, -0.15) is 11.8 Å². The van der Waals surface area contributed by atoms with E-state index in [1.807, 2.05) is 30.0 Å². The van der Waals surface area contributed by atoms with Crippen molar-refractivity contribution < 1.29 is 5.11 Å². The van der Waals surface area contributed by atoms with Crippen molar-refractivity contribution in [2.45, 2.75) is 37.0 Å². The van der Waals surface area contributed by atoms with Crippen LogP contribution in [0.15, 0.2) is 24.4 Å². The van der Waals surface area contributed by atoms with Gasteiger partial charge in [0.05, 0.1) is 6.10 Å². The third-order valence-corrected chi connectivity index (χ3v) is 4.29. The molecule has 2 rings (SSSR count). The predicted octanol–water partition coefficient (Wildman–Crippen LogP) is 2.27. The smallest absolute Gasteiger partial charge is 0.0714 e. The number of aliphatic hydroxyl groups is 1. The summed E-state index contributed by atoms with van der Waals surface area (Å²) in [7, 11) is 0. The fourth-order valence-corrected chi connectivity index (χ4v) is 3.26. The summed E-state index contributed by atoms with van der Waals surface area (Å²) in [5.74, 6) is 1.20. The maximum atomic E-state index is 10.1. The monoisotopic (exact) mass is 223 g/mol. The lowest BCUT2D eigenvalue weighted by molar-refractivity contribution is 0.165. The highest BCUT2D eigenvalue weighted by molar-refractivity contribution is 8.00. The fraction of sp³-hybridized carbons (Fsp3) is 0.583. The minimum atomic E-state index is -0.231. The van der Waals surface area contributed by atoms with E-state index in [4.69, 9.17) is 0 Å². The molecule has 0 amide bonds. The van der Waals surface area contributed by atoms with Gasteiger partial charge in [-0.15, -0.1) is 0 Å². The molecule has 0 bridgehead atoms. The second-order valence-electron chi connectivity index (χ2n) is 4.00. The van der Waals surface area contributed by atoms with Gasteiger partial charge in [0.15, 0.2) is 0 Å². The average molecular weight is 223 g/mol. The lowest BCUT2D eigenvalue weighted by Crippen LogP contribution is -2.28. The number of aromatic nitrogens is 1. The van der Waals surface area contributed by atoms with E-state index in [-0.39, 0.29) is 6.10 Å². The van der Waals surface area contributed by atoms with Crippen LogP contribution in [0, 0.1) is 0 Å². The van der Waals surface area contributed by atoms with Gasteiger partial charge in [0, 0.05) is 23.6 Å². The van der Waals surface area contributed by atoms with E-state index in [2.05, 4.69) is 4.98 Å². The number of aliphatic hydroxyl groups excluding tert-OH is 1. The number of rotatable bonds is 3. The van der Waals surface area contributed by atoms with Crippen molar-refractivity contribution in [3.05, 3.63) is 30.1 Å². The Balaban J connectivity index is 1.88. The Bertz CT molecular complexity index is 285. The molecule has 1 aliphatic rings. The molecule has 2 atom stereocenters. The summed E-state index contributed by atoms with van der Waals surface area (Å²) in [6, 6.07) is 5.87. The molecule has 2 heterocycles. The molecule has 2 nitrogen and oxygen atoms in total. The van der Waals surface area contributed by atoms with Gasteiger partial charge >= 0.3 is 0 Å². The summed E-state index contributed by atoms with van der Waals surface area (Å²) in [5, 5.41) is 10.5. The minimum absolute atomic E-state index is 0.231. The molecule has 1 aliphatic heterocycles. The Hall–Kier alpha value is -0.540. The molecule has 1 aromatic rings. The van der Waals surface area contributed by atoms with E-state index in [9.17, 15) is 5.11 Å². The third kappa shape index (κ3) is 3.21. The Labute approximate surface area is 95.1 Å². The predicted molar refractivity (Wildman–Crippen MR) is 64.0 cm³/mol. The van der Waals surface area contributed by atoms with E-state index in [1.165, 1.54) is 18.6 Å². The van der Waals surface area contributed by atoms with Gasteiger partial charge in [-0.25, -0.2) is 0 Å². The highest BCUT2D eigenvalue weighted by atomic mass is 32.2. The number of hydrogen-bond acceptors (Lipinski definition) is 3. The average Bonchev–Trinajstić information content (AvgIpc) is 2.31. The molecule has 2 unspecified atom stereocenters. The lowest BCUT2D eigenvalue weighted by Gasteiger charge is -2.25. The van der Waals surface area contributed by atoms with Crippen LogP contribution in [0.1, 0.15) is 25.0 Å². The standard InChI is InChI=1S/C12H17NOS/c14-11(12-6-2-4-8-15-12)9-10-5-1-3-7-13-10/h1,3,5,7,11-12,14H,2,4,6,8-9H2. The largest absolute Gasteiger partial charge is 0.392 e. The SMILES string of the molecule is OC(Cc1ccccn1)C1CCCCS1. The third-order valence-electron chi connectivity index (χ3n) is 2.79. The minimum Gasteiger partial charge on any atom is -0.392 e. The van der Waals surface area contributed by atoms with Crippen LogP contribution in [-0.2, 0) is 6.42 Å². The molecule has 1 fully saturated rings. The Morgan fingerprint density at radius 1 is 1.47 bits per heavy atom. The van der Waals surface area contributed by atoms with Crippen LogP contribution in [0.25, 0.3) is 0 Å². The van der Waals surface area contributed by atoms with E-state index >= 15 is 0 Å². The van der Waals surface area contributed by atoms with Crippen molar-refractivity contribution in [3.63, 3.8) is 0 Å². The van der Waals surface area contributed by atoms with Crippen molar-refractivity contribution in [2.75, 3.05) is 5.75 Å². The first-order valence-electron chi connectivity index (χ1n) is 5.56. The highest BCUT2D eigenvalue weighted by Gasteiger charge is 2.22. The molecule has 1 N–H and O–H groups in total. The van der Waals surface area contributed by atoms with Crippen molar-refractivity contribution in [2.24, 2.45) is 0 Å². The molecule has 0 aromatic carbocycles. The summed E-state index contributed by atoms with van der Waals surface area (Å²) in [6.45, 7) is 0. The maximum absolute atomic E-state index is 10.1. The van der Waals surface area contributed by atoms with Gasteiger partial charge in [-0.05, 0) is 30.7 Å². The van der Waals surface area contributed by atoms with Crippen molar-refractivity contribution in [1.29, 1.82) is 0 Å². The van der Waals surface area contributed by atoms with Crippen LogP contribution in [0.2, 0.25) is 0 Å². The zero-order valence-electron chi connectivity index (χ0n) is 8.80. The number of thioether (sulfide) groups is 1. The zero-order chi connectivity index (χ0) is 10.5. The van der Waals surface area contributed by atoms with Gasteiger partial charge < -0.3 is 5.11 Å². The van der Waals surface area contributed by atoms with E-state index in [0.717, 1.165) is 12.1 Å². The van der Waals surface area contributed by atoms with Crippen molar-refractivity contribution in [3.8, 4) is 0 Å². The second-order valence-corrected chi connectivity index (χ2v) is 5.34. The Kier molecular flexibility index (Phi) is 4.03. The summed E-state index contributed by atoms with van der Waals surface area (Å²) in [5.41, 5.74) is 0.996. The van der Waals surface area contributed by atoms with Crippen molar-refractivity contribution in [1.82, 2.24) is 4.98 Å². The molecule has 15 heavy (non-hydrogen) atoms. The number of nitrogens with zero attached hydrogens (tertiary/aromatic N) is 1. The summed E-state index contributed by atoms with van der Waals surface area (Å²) < 4.78 is 0. The summed E-state index contributed by atoms with van der Waals surface area (Å²) in [4.78, 5) is 4.24. The highest BCUT2D eigenvalue weighted by Crippen LogP contribution is 2.28. The molecule has 82 valence electrons. The van der Waals surface area contributed by atoms with Gasteiger partial charge in [-0.3, -0.25) is 4.98 Å². The molecule has 0 aliphatic carbocycles. The zero-order valence-corrected chi connectivity index (χ0v) is 9.62. The lowest BCUT2D eigenvalue weighted by atomic mass is 10.1. The quantitative estimate of drug-likeness (QED) is 0.853. The topological polar surface area (TPSA) is 33.1 Å².